The Balaban J connectivity index is 1.17. The lowest BCUT2D eigenvalue weighted by atomic mass is 9.99. The molecule has 3 heterocycles. The molecule has 2 aliphatic rings. The van der Waals surface area contributed by atoms with E-state index in [0.29, 0.717) is 22.2 Å². The highest BCUT2D eigenvalue weighted by Gasteiger charge is 2.40. The predicted molar refractivity (Wildman–Crippen MR) is 115 cm³/mol. The van der Waals surface area contributed by atoms with E-state index in [0.717, 1.165) is 30.5 Å². The predicted octanol–water partition coefficient (Wildman–Crippen LogP) is 5.03. The third kappa shape index (κ3) is 4.23. The van der Waals surface area contributed by atoms with Gasteiger partial charge in [-0.2, -0.15) is 10.2 Å². The number of rotatable bonds is 5. The molecule has 1 saturated heterocycles. The van der Waals surface area contributed by atoms with Crippen LogP contribution < -0.4 is 0 Å². The molecule has 1 aliphatic carbocycles. The number of hydrogen-bond acceptors (Lipinski definition) is 4. The SMILES string of the molecule is Fc1ccc(Cl)c(-c2ccc(CC3C[C@@H]4CN(Cc5ccncc5)C[C@@H]4C3)nn2)c1. The van der Waals surface area contributed by atoms with Crippen LogP contribution in [0.5, 0.6) is 0 Å². The lowest BCUT2D eigenvalue weighted by Gasteiger charge is -2.18. The van der Waals surface area contributed by atoms with E-state index < -0.39 is 0 Å². The second-order valence-corrected chi connectivity index (χ2v) is 9.05. The van der Waals surface area contributed by atoms with Gasteiger partial charge < -0.3 is 0 Å². The molecular formula is C24H24ClFN4. The first-order valence-electron chi connectivity index (χ1n) is 10.5. The molecule has 0 spiro atoms. The first-order valence-corrected chi connectivity index (χ1v) is 10.9. The minimum atomic E-state index is -0.323. The average molecular weight is 423 g/mol. The van der Waals surface area contributed by atoms with Crippen LogP contribution in [0, 0.1) is 23.6 Å². The van der Waals surface area contributed by atoms with Crippen LogP contribution in [-0.2, 0) is 13.0 Å². The Labute approximate surface area is 181 Å². The Morgan fingerprint density at radius 1 is 0.967 bits per heavy atom. The smallest absolute Gasteiger partial charge is 0.123 e. The quantitative estimate of drug-likeness (QED) is 0.578. The van der Waals surface area contributed by atoms with Crippen molar-refractivity contribution in [1.82, 2.24) is 20.1 Å². The van der Waals surface area contributed by atoms with Crippen molar-refractivity contribution >= 4 is 11.6 Å². The summed E-state index contributed by atoms with van der Waals surface area (Å²) in [5.74, 6) is 1.92. The molecule has 1 aromatic carbocycles. The number of aromatic nitrogens is 3. The molecule has 0 amide bonds. The highest BCUT2D eigenvalue weighted by Crippen LogP contribution is 2.43. The Morgan fingerprint density at radius 2 is 1.73 bits per heavy atom. The van der Waals surface area contributed by atoms with Crippen molar-refractivity contribution in [3.8, 4) is 11.3 Å². The van der Waals surface area contributed by atoms with Gasteiger partial charge in [0.2, 0.25) is 0 Å². The number of likely N-dealkylation sites (tertiary alicyclic amines) is 1. The highest BCUT2D eigenvalue weighted by molar-refractivity contribution is 6.33. The van der Waals surface area contributed by atoms with Gasteiger partial charge in [-0.15, -0.1) is 0 Å². The molecule has 1 saturated carbocycles. The van der Waals surface area contributed by atoms with Gasteiger partial charge in [-0.3, -0.25) is 9.88 Å². The van der Waals surface area contributed by atoms with Crippen LogP contribution >= 0.6 is 11.6 Å². The average Bonchev–Trinajstić information content (AvgIpc) is 3.29. The molecule has 154 valence electrons. The summed E-state index contributed by atoms with van der Waals surface area (Å²) in [6.45, 7) is 3.40. The highest BCUT2D eigenvalue weighted by atomic mass is 35.5. The third-order valence-electron chi connectivity index (χ3n) is 6.50. The standard InChI is InChI=1S/C24H24ClFN4/c25-23-3-1-20(26)12-22(23)24-4-2-21(28-29-24)11-17-9-18-14-30(15-19(18)10-17)13-16-5-7-27-8-6-16/h1-8,12,17-19H,9-11,13-15H2/t17?,18-,19+. The van der Waals surface area contributed by atoms with Gasteiger partial charge in [-0.05, 0) is 85.0 Å². The zero-order chi connectivity index (χ0) is 20.5. The number of hydrogen-bond donors (Lipinski definition) is 0. The third-order valence-corrected chi connectivity index (χ3v) is 6.83. The van der Waals surface area contributed by atoms with E-state index in [1.807, 2.05) is 24.5 Å². The summed E-state index contributed by atoms with van der Waals surface area (Å²) in [5.41, 5.74) is 3.54. The normalized spacial score (nSPS) is 23.6. The van der Waals surface area contributed by atoms with Crippen LogP contribution in [0.1, 0.15) is 24.1 Å². The molecule has 0 bridgehead atoms. The van der Waals surface area contributed by atoms with Crippen LogP contribution in [-0.4, -0.2) is 33.2 Å². The maximum atomic E-state index is 13.5. The van der Waals surface area contributed by atoms with Crippen molar-refractivity contribution in [2.45, 2.75) is 25.8 Å². The summed E-state index contributed by atoms with van der Waals surface area (Å²) in [6, 6.07) is 12.4. The molecule has 0 N–H and O–H groups in total. The van der Waals surface area contributed by atoms with Gasteiger partial charge in [-0.25, -0.2) is 4.39 Å². The summed E-state index contributed by atoms with van der Waals surface area (Å²) in [7, 11) is 0. The first kappa shape index (κ1) is 19.6. The van der Waals surface area contributed by atoms with Gasteiger partial charge >= 0.3 is 0 Å². The largest absolute Gasteiger partial charge is 0.299 e. The van der Waals surface area contributed by atoms with Crippen LogP contribution in [0.4, 0.5) is 4.39 Å². The Kier molecular flexibility index (Phi) is 5.48. The minimum Gasteiger partial charge on any atom is -0.299 e. The molecule has 4 nitrogen and oxygen atoms in total. The Hall–Kier alpha value is -2.37. The Bertz CT molecular complexity index is 997. The topological polar surface area (TPSA) is 41.9 Å². The number of halogens is 2. The van der Waals surface area contributed by atoms with Gasteiger partial charge in [0.1, 0.15) is 5.82 Å². The molecule has 30 heavy (non-hydrogen) atoms. The van der Waals surface area contributed by atoms with Crippen molar-refractivity contribution in [2.75, 3.05) is 13.1 Å². The molecule has 1 unspecified atom stereocenters. The molecule has 3 aromatic rings. The number of pyridine rings is 1. The maximum absolute atomic E-state index is 13.5. The van der Waals surface area contributed by atoms with Crippen LogP contribution in [0.2, 0.25) is 5.02 Å². The lowest BCUT2D eigenvalue weighted by molar-refractivity contribution is 0.289. The Morgan fingerprint density at radius 3 is 2.43 bits per heavy atom. The van der Waals surface area contributed by atoms with Crippen molar-refractivity contribution in [3.05, 3.63) is 77.0 Å². The zero-order valence-electron chi connectivity index (χ0n) is 16.7. The molecular weight excluding hydrogens is 399 g/mol. The van der Waals surface area contributed by atoms with Crippen molar-refractivity contribution in [3.63, 3.8) is 0 Å². The van der Waals surface area contributed by atoms with Crippen molar-refractivity contribution in [2.24, 2.45) is 17.8 Å². The molecule has 1 aliphatic heterocycles. The van der Waals surface area contributed by atoms with Gasteiger partial charge in [0, 0.05) is 37.6 Å². The van der Waals surface area contributed by atoms with Crippen molar-refractivity contribution in [1.29, 1.82) is 0 Å². The van der Waals surface area contributed by atoms with Crippen LogP contribution in [0.25, 0.3) is 11.3 Å². The van der Waals surface area contributed by atoms with E-state index in [1.54, 1.807) is 6.07 Å². The minimum absolute atomic E-state index is 0.323. The van der Waals surface area contributed by atoms with E-state index in [9.17, 15) is 4.39 Å². The molecule has 5 rings (SSSR count). The lowest BCUT2D eigenvalue weighted by Crippen LogP contribution is -2.22. The summed E-state index contributed by atoms with van der Waals surface area (Å²) < 4.78 is 13.5. The summed E-state index contributed by atoms with van der Waals surface area (Å²) >= 11 is 6.18. The van der Waals surface area contributed by atoms with E-state index in [-0.39, 0.29) is 5.82 Å². The van der Waals surface area contributed by atoms with Gasteiger partial charge in [0.25, 0.3) is 0 Å². The fourth-order valence-corrected chi connectivity index (χ4v) is 5.38. The summed E-state index contributed by atoms with van der Waals surface area (Å²) in [4.78, 5) is 6.69. The maximum Gasteiger partial charge on any atom is 0.123 e. The molecule has 3 atom stereocenters. The van der Waals surface area contributed by atoms with Crippen LogP contribution in [0.3, 0.4) is 0 Å². The van der Waals surface area contributed by atoms with Crippen LogP contribution in [0.15, 0.2) is 54.9 Å². The number of benzene rings is 1. The summed E-state index contributed by atoms with van der Waals surface area (Å²) in [5, 5.41) is 9.20. The fraction of sp³-hybridized carbons (Fsp3) is 0.375. The van der Waals surface area contributed by atoms with Crippen molar-refractivity contribution < 1.29 is 4.39 Å². The first-order chi connectivity index (χ1) is 14.6. The van der Waals surface area contributed by atoms with Gasteiger partial charge in [0.05, 0.1) is 16.4 Å². The molecule has 6 heteroatoms. The van der Waals surface area contributed by atoms with E-state index >= 15 is 0 Å². The second kappa shape index (κ2) is 8.40. The van der Waals surface area contributed by atoms with Gasteiger partial charge in [0.15, 0.2) is 0 Å². The van der Waals surface area contributed by atoms with E-state index in [2.05, 4.69) is 32.2 Å². The van der Waals surface area contributed by atoms with Gasteiger partial charge in [-0.1, -0.05) is 11.6 Å². The number of nitrogens with zero attached hydrogens (tertiary/aromatic N) is 4. The number of fused-ring (bicyclic) bond motifs is 1. The fourth-order valence-electron chi connectivity index (χ4n) is 5.17. The molecule has 0 radical (unpaired) electrons. The molecule has 2 aromatic heterocycles. The second-order valence-electron chi connectivity index (χ2n) is 8.65. The summed E-state index contributed by atoms with van der Waals surface area (Å²) in [6.07, 6.45) is 7.22. The molecule has 2 fully saturated rings. The van der Waals surface area contributed by atoms with E-state index in [4.69, 9.17) is 11.6 Å². The monoisotopic (exact) mass is 422 g/mol. The van der Waals surface area contributed by atoms with E-state index in [1.165, 1.54) is 43.6 Å². The zero-order valence-corrected chi connectivity index (χ0v) is 17.5.